The van der Waals surface area contributed by atoms with Crippen molar-refractivity contribution in [2.24, 2.45) is 10.8 Å². The molecular weight excluding hydrogens is 182 g/mol. The molecule has 2 aliphatic carbocycles. The third-order valence-corrected chi connectivity index (χ3v) is 4.81. The highest BCUT2D eigenvalue weighted by molar-refractivity contribution is 4.95. The largest absolute Gasteiger partial charge is 0.313 e. The molecule has 0 heterocycles. The van der Waals surface area contributed by atoms with Crippen LogP contribution in [0.15, 0.2) is 0 Å². The van der Waals surface area contributed by atoms with Gasteiger partial charge in [0.2, 0.25) is 0 Å². The zero-order valence-electron chi connectivity index (χ0n) is 10.7. The first-order valence-corrected chi connectivity index (χ1v) is 6.79. The summed E-state index contributed by atoms with van der Waals surface area (Å²) in [5, 5.41) is 3.81. The molecule has 0 aliphatic heterocycles. The minimum Gasteiger partial charge on any atom is -0.313 e. The van der Waals surface area contributed by atoms with E-state index in [-0.39, 0.29) is 0 Å². The van der Waals surface area contributed by atoms with Crippen LogP contribution in [0.3, 0.4) is 0 Å². The van der Waals surface area contributed by atoms with Gasteiger partial charge in [0.05, 0.1) is 0 Å². The van der Waals surface area contributed by atoms with Gasteiger partial charge in [0.25, 0.3) is 0 Å². The van der Waals surface area contributed by atoms with Crippen LogP contribution in [0, 0.1) is 10.8 Å². The molecule has 0 aromatic carbocycles. The molecule has 0 aromatic rings. The normalized spacial score (nSPS) is 29.0. The van der Waals surface area contributed by atoms with Crippen LogP contribution in [-0.4, -0.2) is 12.6 Å². The van der Waals surface area contributed by atoms with Gasteiger partial charge in [-0.1, -0.05) is 20.8 Å². The predicted molar refractivity (Wildman–Crippen MR) is 66.0 cm³/mol. The first kappa shape index (κ1) is 11.4. The summed E-state index contributed by atoms with van der Waals surface area (Å²) in [5.74, 6) is 0. The summed E-state index contributed by atoms with van der Waals surface area (Å²) in [7, 11) is 0. The van der Waals surface area contributed by atoms with Crippen molar-refractivity contribution >= 4 is 0 Å². The van der Waals surface area contributed by atoms with E-state index in [1.165, 1.54) is 51.5 Å². The van der Waals surface area contributed by atoms with Gasteiger partial charge in [-0.25, -0.2) is 0 Å². The molecule has 2 aliphatic rings. The molecule has 2 rings (SSSR count). The number of rotatable bonds is 4. The smallest absolute Gasteiger partial charge is 0.00676 e. The van der Waals surface area contributed by atoms with E-state index in [2.05, 4.69) is 26.1 Å². The van der Waals surface area contributed by atoms with Gasteiger partial charge in [-0.05, 0) is 55.8 Å². The molecule has 1 N–H and O–H groups in total. The van der Waals surface area contributed by atoms with E-state index >= 15 is 0 Å². The van der Waals surface area contributed by atoms with Crippen LogP contribution in [0.25, 0.3) is 0 Å². The van der Waals surface area contributed by atoms with Gasteiger partial charge in [0.1, 0.15) is 0 Å². The average molecular weight is 209 g/mol. The molecule has 0 radical (unpaired) electrons. The van der Waals surface area contributed by atoms with E-state index in [4.69, 9.17) is 0 Å². The Hall–Kier alpha value is -0.0400. The molecule has 0 spiro atoms. The minimum atomic E-state index is 0.611. The monoisotopic (exact) mass is 209 g/mol. The minimum absolute atomic E-state index is 0.611. The first-order chi connectivity index (χ1) is 7.05. The number of hydrogen-bond acceptors (Lipinski definition) is 1. The van der Waals surface area contributed by atoms with Crippen LogP contribution in [-0.2, 0) is 0 Å². The lowest BCUT2D eigenvalue weighted by atomic mass is 9.75. The van der Waals surface area contributed by atoms with Crippen LogP contribution in [0.1, 0.15) is 65.7 Å². The van der Waals surface area contributed by atoms with Crippen molar-refractivity contribution in [2.75, 3.05) is 6.54 Å². The van der Waals surface area contributed by atoms with Gasteiger partial charge in [-0.2, -0.15) is 0 Å². The lowest BCUT2D eigenvalue weighted by molar-refractivity contribution is 0.201. The Labute approximate surface area is 95.0 Å². The quantitative estimate of drug-likeness (QED) is 0.744. The molecule has 15 heavy (non-hydrogen) atoms. The van der Waals surface area contributed by atoms with Crippen molar-refractivity contribution in [1.29, 1.82) is 0 Å². The average Bonchev–Trinajstić information content (AvgIpc) is 2.97. The molecule has 1 nitrogen and oxygen atoms in total. The standard InChI is InChI=1S/C14H27N/c1-4-14(9-10-14)11-15-12-5-7-13(2,3)8-6-12/h12,15H,4-11H2,1-3H3. The molecule has 2 fully saturated rings. The van der Waals surface area contributed by atoms with Crippen LogP contribution < -0.4 is 5.32 Å². The third-order valence-electron chi connectivity index (χ3n) is 4.81. The molecule has 2 saturated carbocycles. The summed E-state index contributed by atoms with van der Waals surface area (Å²) in [4.78, 5) is 0. The van der Waals surface area contributed by atoms with Crippen molar-refractivity contribution in [1.82, 2.24) is 5.32 Å². The van der Waals surface area contributed by atoms with Crippen LogP contribution in [0.5, 0.6) is 0 Å². The highest BCUT2D eigenvalue weighted by Crippen LogP contribution is 2.48. The van der Waals surface area contributed by atoms with Crippen molar-refractivity contribution < 1.29 is 0 Å². The van der Waals surface area contributed by atoms with Crippen molar-refractivity contribution in [3.8, 4) is 0 Å². The maximum absolute atomic E-state index is 3.81. The van der Waals surface area contributed by atoms with E-state index in [1.807, 2.05) is 0 Å². The van der Waals surface area contributed by atoms with E-state index in [1.54, 1.807) is 0 Å². The van der Waals surface area contributed by atoms with Crippen LogP contribution in [0.4, 0.5) is 0 Å². The Morgan fingerprint density at radius 2 is 1.67 bits per heavy atom. The van der Waals surface area contributed by atoms with Gasteiger partial charge in [-0.15, -0.1) is 0 Å². The molecule has 1 heteroatoms. The number of hydrogen-bond donors (Lipinski definition) is 1. The molecule has 88 valence electrons. The maximum atomic E-state index is 3.81. The molecule has 0 amide bonds. The van der Waals surface area contributed by atoms with E-state index in [0.29, 0.717) is 10.8 Å². The van der Waals surface area contributed by atoms with Gasteiger partial charge in [0.15, 0.2) is 0 Å². The van der Waals surface area contributed by atoms with E-state index < -0.39 is 0 Å². The molecule has 0 atom stereocenters. The third kappa shape index (κ3) is 2.96. The van der Waals surface area contributed by atoms with E-state index in [0.717, 1.165) is 6.04 Å². The topological polar surface area (TPSA) is 12.0 Å². The lowest BCUT2D eigenvalue weighted by Gasteiger charge is -2.35. The van der Waals surface area contributed by atoms with Crippen LogP contribution in [0.2, 0.25) is 0 Å². The van der Waals surface area contributed by atoms with Crippen molar-refractivity contribution in [3.63, 3.8) is 0 Å². The Kier molecular flexibility index (Phi) is 3.12. The van der Waals surface area contributed by atoms with Crippen LogP contribution >= 0.6 is 0 Å². The zero-order chi connectivity index (χ0) is 10.9. The Morgan fingerprint density at radius 1 is 1.07 bits per heavy atom. The maximum Gasteiger partial charge on any atom is 0.00676 e. The summed E-state index contributed by atoms with van der Waals surface area (Å²) in [6.07, 6.45) is 9.91. The summed E-state index contributed by atoms with van der Waals surface area (Å²) in [5.41, 5.74) is 1.33. The SMILES string of the molecule is CCC1(CNC2CCC(C)(C)CC2)CC1. The van der Waals surface area contributed by atoms with Crippen molar-refractivity contribution in [2.45, 2.75) is 71.8 Å². The Bertz CT molecular complexity index is 205. The second kappa shape index (κ2) is 4.08. The molecular formula is C14H27N. The summed E-state index contributed by atoms with van der Waals surface area (Å²) >= 11 is 0. The second-order valence-corrected chi connectivity index (χ2v) is 6.67. The fraction of sp³-hybridized carbons (Fsp3) is 1.00. The predicted octanol–water partition coefficient (Wildman–Crippen LogP) is 3.74. The molecule has 0 saturated heterocycles. The summed E-state index contributed by atoms with van der Waals surface area (Å²) in [6.45, 7) is 8.46. The Balaban J connectivity index is 1.69. The fourth-order valence-corrected chi connectivity index (χ4v) is 2.80. The number of nitrogens with one attached hydrogen (secondary N) is 1. The van der Waals surface area contributed by atoms with Crippen molar-refractivity contribution in [3.05, 3.63) is 0 Å². The lowest BCUT2D eigenvalue weighted by Crippen LogP contribution is -2.38. The van der Waals surface area contributed by atoms with Gasteiger partial charge < -0.3 is 5.32 Å². The summed E-state index contributed by atoms with van der Waals surface area (Å²) in [6, 6.07) is 0.821. The van der Waals surface area contributed by atoms with Gasteiger partial charge in [0, 0.05) is 12.6 Å². The fourth-order valence-electron chi connectivity index (χ4n) is 2.80. The molecule has 0 bridgehead atoms. The summed E-state index contributed by atoms with van der Waals surface area (Å²) < 4.78 is 0. The second-order valence-electron chi connectivity index (χ2n) is 6.67. The highest BCUT2D eigenvalue weighted by atomic mass is 14.9. The molecule has 0 unspecified atom stereocenters. The molecule has 0 aromatic heterocycles. The first-order valence-electron chi connectivity index (χ1n) is 6.79. The van der Waals surface area contributed by atoms with Gasteiger partial charge >= 0.3 is 0 Å². The van der Waals surface area contributed by atoms with Gasteiger partial charge in [-0.3, -0.25) is 0 Å². The van der Waals surface area contributed by atoms with E-state index in [9.17, 15) is 0 Å². The zero-order valence-corrected chi connectivity index (χ0v) is 10.7. The highest BCUT2D eigenvalue weighted by Gasteiger charge is 2.40. The Morgan fingerprint density at radius 3 is 2.13 bits per heavy atom.